The zero-order valence-electron chi connectivity index (χ0n) is 22.2. The number of hydrogen-bond donors (Lipinski definition) is 5. The molecule has 224 valence electrons. The van der Waals surface area contributed by atoms with Crippen molar-refractivity contribution in [1.29, 1.82) is 0 Å². The fourth-order valence-electron chi connectivity index (χ4n) is 4.30. The van der Waals surface area contributed by atoms with Gasteiger partial charge in [0, 0.05) is 18.4 Å². The Morgan fingerprint density at radius 1 is 0.905 bits per heavy atom. The zero-order chi connectivity index (χ0) is 30.6. The van der Waals surface area contributed by atoms with E-state index in [-0.39, 0.29) is 59.5 Å². The molecule has 14 heteroatoms. The Morgan fingerprint density at radius 2 is 1.62 bits per heavy atom. The first-order chi connectivity index (χ1) is 20.0. The van der Waals surface area contributed by atoms with Crippen LogP contribution in [0, 0.1) is 0 Å². The van der Waals surface area contributed by atoms with Crippen LogP contribution in [0.25, 0.3) is 22.3 Å². The molecule has 0 unspecified atom stereocenters. The van der Waals surface area contributed by atoms with Gasteiger partial charge in [-0.1, -0.05) is 12.1 Å². The van der Waals surface area contributed by atoms with Crippen molar-refractivity contribution in [2.75, 3.05) is 7.11 Å². The van der Waals surface area contributed by atoms with E-state index in [9.17, 15) is 39.6 Å². The number of aliphatic carboxylic acids is 2. The highest BCUT2D eigenvalue weighted by Gasteiger charge is 2.48. The van der Waals surface area contributed by atoms with Gasteiger partial charge in [-0.2, -0.15) is 0 Å². The van der Waals surface area contributed by atoms with E-state index in [4.69, 9.17) is 28.5 Å². The zero-order valence-corrected chi connectivity index (χ0v) is 22.2. The lowest BCUT2D eigenvalue weighted by atomic mass is 9.99. The summed E-state index contributed by atoms with van der Waals surface area (Å²) in [4.78, 5) is 48.0. The number of methoxy groups -OCH3 is 1. The molecule has 0 radical (unpaired) electrons. The Balaban J connectivity index is 1.67. The lowest BCUT2D eigenvalue weighted by Crippen LogP contribution is -2.61. The summed E-state index contributed by atoms with van der Waals surface area (Å²) < 4.78 is 27.5. The average molecular weight is 589 g/mol. The normalized spacial score (nSPS) is 22.0. The lowest BCUT2D eigenvalue weighted by molar-refractivity contribution is -0.271. The van der Waals surface area contributed by atoms with E-state index >= 15 is 0 Å². The largest absolute Gasteiger partial charge is 0.493 e. The van der Waals surface area contributed by atoms with Crippen molar-refractivity contribution < 1.29 is 63.3 Å². The van der Waals surface area contributed by atoms with E-state index in [1.165, 1.54) is 31.4 Å². The Morgan fingerprint density at radius 3 is 2.31 bits per heavy atom. The molecule has 0 amide bonds. The molecule has 5 atom stereocenters. The van der Waals surface area contributed by atoms with Crippen LogP contribution in [0.2, 0.25) is 0 Å². The molecule has 42 heavy (non-hydrogen) atoms. The summed E-state index contributed by atoms with van der Waals surface area (Å²) >= 11 is 0. The maximum Gasteiger partial charge on any atom is 0.335 e. The summed E-state index contributed by atoms with van der Waals surface area (Å²) in [5.74, 6) is -3.95. The van der Waals surface area contributed by atoms with Crippen molar-refractivity contribution in [2.24, 2.45) is 0 Å². The van der Waals surface area contributed by atoms with Gasteiger partial charge in [0.25, 0.3) is 0 Å². The molecule has 1 aliphatic rings. The highest BCUT2D eigenvalue weighted by molar-refractivity contribution is 5.84. The molecule has 1 aliphatic heterocycles. The second-order valence-electron chi connectivity index (χ2n) is 9.38. The molecule has 3 aromatic rings. The van der Waals surface area contributed by atoms with Gasteiger partial charge in [0.15, 0.2) is 23.4 Å². The number of aliphatic hydroxyl groups excluding tert-OH is 3. The number of ether oxygens (including phenoxy) is 4. The van der Waals surface area contributed by atoms with Crippen molar-refractivity contribution in [2.45, 2.75) is 56.4 Å². The third-order valence-corrected chi connectivity index (χ3v) is 6.48. The number of benzene rings is 2. The first-order valence-electron chi connectivity index (χ1n) is 12.8. The SMILES string of the molecule is COc1cc(-c2oc3ccccc3c(=O)c2OC(=O)CCCCC(=O)O)ccc1O[C@H]1O[C@@H](C(=O)O)[C@H](O)[C@@H](O)[C@@H]1O. The Kier molecular flexibility index (Phi) is 9.42. The van der Waals surface area contributed by atoms with Gasteiger partial charge < -0.3 is 48.9 Å². The number of carboxylic acids is 2. The molecule has 5 N–H and O–H groups in total. The van der Waals surface area contributed by atoms with Crippen molar-refractivity contribution in [1.82, 2.24) is 0 Å². The summed E-state index contributed by atoms with van der Waals surface area (Å²) in [5, 5.41) is 48.5. The highest BCUT2D eigenvalue weighted by atomic mass is 16.7. The Hall–Kier alpha value is -4.50. The fraction of sp³-hybridized carbons (Fsp3) is 0.357. The summed E-state index contributed by atoms with van der Waals surface area (Å²) in [5.41, 5.74) is -0.222. The first kappa shape index (κ1) is 30.5. The van der Waals surface area contributed by atoms with E-state index in [0.29, 0.717) is 0 Å². The number of para-hydroxylation sites is 1. The number of carboxylic acid groups (broad SMARTS) is 2. The summed E-state index contributed by atoms with van der Waals surface area (Å²) in [6.45, 7) is 0. The summed E-state index contributed by atoms with van der Waals surface area (Å²) in [6.07, 6.45) is -9.00. The first-order valence-corrected chi connectivity index (χ1v) is 12.8. The second-order valence-corrected chi connectivity index (χ2v) is 9.38. The van der Waals surface area contributed by atoms with Crippen LogP contribution in [0.5, 0.6) is 17.2 Å². The molecule has 1 fully saturated rings. The molecule has 4 rings (SSSR count). The van der Waals surface area contributed by atoms with Crippen molar-refractivity contribution in [3.05, 3.63) is 52.7 Å². The predicted octanol–water partition coefficient (Wildman–Crippen LogP) is 1.29. The van der Waals surface area contributed by atoms with E-state index in [1.807, 2.05) is 0 Å². The minimum Gasteiger partial charge on any atom is -0.493 e. The number of fused-ring (bicyclic) bond motifs is 1. The molecule has 0 aliphatic carbocycles. The Bertz CT molecular complexity index is 1530. The molecular formula is C28H28O14. The molecular weight excluding hydrogens is 560 g/mol. The highest BCUT2D eigenvalue weighted by Crippen LogP contribution is 2.38. The quantitative estimate of drug-likeness (QED) is 0.157. The number of aliphatic hydroxyl groups is 3. The van der Waals surface area contributed by atoms with Crippen LogP contribution >= 0.6 is 0 Å². The number of carbonyl (C=O) groups is 3. The molecule has 0 spiro atoms. The van der Waals surface area contributed by atoms with Crippen LogP contribution in [-0.4, -0.2) is 81.3 Å². The minimum absolute atomic E-state index is 0.00228. The van der Waals surface area contributed by atoms with Crippen LogP contribution in [0.1, 0.15) is 25.7 Å². The molecule has 1 aromatic heterocycles. The van der Waals surface area contributed by atoms with Gasteiger partial charge in [-0.15, -0.1) is 0 Å². The van der Waals surface area contributed by atoms with E-state index in [2.05, 4.69) is 0 Å². The third kappa shape index (κ3) is 6.52. The van der Waals surface area contributed by atoms with Crippen molar-refractivity contribution in [3.63, 3.8) is 0 Å². The van der Waals surface area contributed by atoms with E-state index in [1.54, 1.807) is 18.2 Å². The number of esters is 1. The second kappa shape index (κ2) is 13.0. The number of unbranched alkanes of at least 4 members (excludes halogenated alkanes) is 1. The average Bonchev–Trinajstić information content (AvgIpc) is 2.96. The maximum absolute atomic E-state index is 13.3. The Labute approximate surface area is 237 Å². The predicted molar refractivity (Wildman–Crippen MR) is 141 cm³/mol. The number of hydrogen-bond acceptors (Lipinski definition) is 12. The standard InChI is InChI=1S/C28H28O14/c1-38-17-12-13(10-11-16(17)40-28-23(35)21(33)22(34)26(42-28)27(36)37)24-25(41-19(31)9-5-4-8-18(29)30)20(32)14-6-2-3-7-15(14)39-24/h2-3,6-7,10-12,21-23,26,28,33-35H,4-5,8-9H2,1H3,(H,29,30)(H,36,37)/t21-,22-,23+,26-,28+/m1/s1. The smallest absolute Gasteiger partial charge is 0.335 e. The van der Waals surface area contributed by atoms with Crippen LogP contribution in [0.3, 0.4) is 0 Å². The van der Waals surface area contributed by atoms with Crippen molar-refractivity contribution in [3.8, 4) is 28.6 Å². The van der Waals surface area contributed by atoms with E-state index in [0.717, 1.165) is 0 Å². The number of carbonyl (C=O) groups excluding carboxylic acids is 1. The summed E-state index contributed by atoms with van der Waals surface area (Å²) in [6, 6.07) is 10.4. The fourth-order valence-corrected chi connectivity index (χ4v) is 4.30. The van der Waals surface area contributed by atoms with Gasteiger partial charge in [-0.05, 0) is 43.2 Å². The molecule has 2 heterocycles. The maximum atomic E-state index is 13.3. The molecule has 1 saturated heterocycles. The van der Waals surface area contributed by atoms with Gasteiger partial charge in [0.05, 0.1) is 12.5 Å². The molecule has 14 nitrogen and oxygen atoms in total. The monoisotopic (exact) mass is 588 g/mol. The lowest BCUT2D eigenvalue weighted by Gasteiger charge is -2.38. The minimum atomic E-state index is -1.91. The van der Waals surface area contributed by atoms with E-state index < -0.39 is 59.8 Å². The van der Waals surface area contributed by atoms with Crippen LogP contribution in [-0.2, 0) is 19.1 Å². The van der Waals surface area contributed by atoms with Gasteiger partial charge in [-0.3, -0.25) is 14.4 Å². The van der Waals surface area contributed by atoms with Crippen LogP contribution < -0.4 is 19.6 Å². The van der Waals surface area contributed by atoms with Gasteiger partial charge in [0.2, 0.25) is 17.5 Å². The van der Waals surface area contributed by atoms with Gasteiger partial charge in [-0.25, -0.2) is 4.79 Å². The summed E-state index contributed by atoms with van der Waals surface area (Å²) in [7, 11) is 1.28. The van der Waals surface area contributed by atoms with Gasteiger partial charge in [0.1, 0.15) is 23.9 Å². The molecule has 0 saturated carbocycles. The third-order valence-electron chi connectivity index (χ3n) is 6.48. The topological polar surface area (TPSA) is 219 Å². The number of rotatable bonds is 11. The molecule has 0 bridgehead atoms. The molecule has 2 aromatic carbocycles. The van der Waals surface area contributed by atoms with Crippen LogP contribution in [0.4, 0.5) is 0 Å². The van der Waals surface area contributed by atoms with Crippen molar-refractivity contribution >= 4 is 28.9 Å². The van der Waals surface area contributed by atoms with Crippen LogP contribution in [0.15, 0.2) is 51.7 Å². The van der Waals surface area contributed by atoms with Gasteiger partial charge >= 0.3 is 17.9 Å².